The van der Waals surface area contributed by atoms with Crippen molar-refractivity contribution in [1.82, 2.24) is 0 Å². The van der Waals surface area contributed by atoms with Gasteiger partial charge in [0.15, 0.2) is 11.5 Å². The maximum absolute atomic E-state index is 12.6. The lowest BCUT2D eigenvalue weighted by Gasteiger charge is -2.28. The van der Waals surface area contributed by atoms with Crippen LogP contribution in [-0.4, -0.2) is 28.1 Å². The van der Waals surface area contributed by atoms with Crippen molar-refractivity contribution in [2.45, 2.75) is 45.7 Å². The van der Waals surface area contributed by atoms with Crippen LogP contribution in [0.15, 0.2) is 27.4 Å². The molecule has 1 aliphatic carbocycles. The monoisotopic (exact) mass is 452 g/mol. The van der Waals surface area contributed by atoms with Gasteiger partial charge in [-0.1, -0.05) is 0 Å². The number of hydrogen-bond acceptors (Lipinski definition) is 6. The number of hydrogen-bond donors (Lipinski definition) is 1. The van der Waals surface area contributed by atoms with Crippen molar-refractivity contribution in [3.63, 3.8) is 0 Å². The molecule has 0 bridgehead atoms. The number of quaternary nitrogens is 1. The summed E-state index contributed by atoms with van der Waals surface area (Å²) < 4.78 is 28.4. The molecule has 0 spiro atoms. The minimum absolute atomic E-state index is 0.189. The molecule has 33 heavy (non-hydrogen) atoms. The third-order valence-corrected chi connectivity index (χ3v) is 6.81. The highest BCUT2D eigenvalue weighted by molar-refractivity contribution is 5.87. The number of fused-ring (bicyclic) bond motifs is 4. The molecule has 2 heterocycles. The van der Waals surface area contributed by atoms with Crippen LogP contribution in [0.4, 0.5) is 0 Å². The zero-order valence-electron chi connectivity index (χ0n) is 19.6. The Kier molecular flexibility index (Phi) is 5.66. The SMILES string of the molecule is COc1cc(C[NH+]2COc3c(cc4c5c(c(=O)oc4c3C)CCCC5)C2)cc(OC)c1OC. The smallest absolute Gasteiger partial charge is 0.339 e. The first-order valence-corrected chi connectivity index (χ1v) is 11.4. The maximum Gasteiger partial charge on any atom is 0.339 e. The van der Waals surface area contributed by atoms with Gasteiger partial charge in [0, 0.05) is 27.6 Å². The molecule has 0 saturated carbocycles. The molecular weight excluding hydrogens is 422 g/mol. The number of aryl methyl sites for hydroxylation is 2. The second-order valence-corrected chi connectivity index (χ2v) is 8.85. The van der Waals surface area contributed by atoms with E-state index in [1.807, 2.05) is 19.1 Å². The molecule has 0 saturated heterocycles. The van der Waals surface area contributed by atoms with Gasteiger partial charge in [-0.15, -0.1) is 0 Å². The van der Waals surface area contributed by atoms with Gasteiger partial charge in [0.05, 0.1) is 21.3 Å². The Hall–Kier alpha value is -3.19. The molecule has 1 N–H and O–H groups in total. The third-order valence-electron chi connectivity index (χ3n) is 6.81. The molecule has 2 aromatic carbocycles. The van der Waals surface area contributed by atoms with Crippen molar-refractivity contribution in [3.8, 4) is 23.0 Å². The topological polar surface area (TPSA) is 71.6 Å². The van der Waals surface area contributed by atoms with E-state index in [1.165, 1.54) is 4.90 Å². The van der Waals surface area contributed by atoms with Crippen LogP contribution in [0.2, 0.25) is 0 Å². The van der Waals surface area contributed by atoms with Crippen molar-refractivity contribution in [2.24, 2.45) is 0 Å². The summed E-state index contributed by atoms with van der Waals surface area (Å²) in [4.78, 5) is 13.8. The van der Waals surface area contributed by atoms with E-state index >= 15 is 0 Å². The van der Waals surface area contributed by atoms with Crippen LogP contribution in [0.1, 0.15) is 40.7 Å². The van der Waals surface area contributed by atoms with Crippen LogP contribution in [0.3, 0.4) is 0 Å². The predicted molar refractivity (Wildman–Crippen MR) is 124 cm³/mol. The highest BCUT2D eigenvalue weighted by Crippen LogP contribution is 2.39. The van der Waals surface area contributed by atoms with E-state index < -0.39 is 0 Å². The number of benzene rings is 2. The lowest BCUT2D eigenvalue weighted by Crippen LogP contribution is -3.10. The summed E-state index contributed by atoms with van der Waals surface area (Å²) in [6.07, 6.45) is 3.89. The second-order valence-electron chi connectivity index (χ2n) is 8.85. The normalized spacial score (nSPS) is 17.2. The fourth-order valence-electron chi connectivity index (χ4n) is 5.26. The molecule has 5 rings (SSSR count). The molecule has 2 aliphatic rings. The Balaban J connectivity index is 1.49. The molecule has 1 aliphatic heterocycles. The van der Waals surface area contributed by atoms with E-state index in [0.29, 0.717) is 29.6 Å². The Bertz CT molecular complexity index is 1250. The first-order chi connectivity index (χ1) is 16.0. The molecule has 7 heteroatoms. The van der Waals surface area contributed by atoms with Crippen molar-refractivity contribution in [3.05, 3.63) is 56.4 Å². The van der Waals surface area contributed by atoms with Crippen LogP contribution in [-0.2, 0) is 25.9 Å². The average Bonchev–Trinajstić information content (AvgIpc) is 2.84. The minimum Gasteiger partial charge on any atom is -0.493 e. The van der Waals surface area contributed by atoms with Gasteiger partial charge in [-0.2, -0.15) is 0 Å². The molecule has 1 unspecified atom stereocenters. The molecule has 1 aromatic heterocycles. The quantitative estimate of drug-likeness (QED) is 0.601. The van der Waals surface area contributed by atoms with Crippen LogP contribution in [0.5, 0.6) is 23.0 Å². The maximum atomic E-state index is 12.6. The predicted octanol–water partition coefficient (Wildman–Crippen LogP) is 2.94. The van der Waals surface area contributed by atoms with E-state index in [-0.39, 0.29) is 5.63 Å². The Morgan fingerprint density at radius 2 is 1.67 bits per heavy atom. The standard InChI is InChI=1S/C26H29NO6/c1-15-23-17(11-20-18-7-5-6-8-19(18)26(28)33-24(15)20)13-27(14-32-23)12-16-9-21(29-2)25(31-4)22(10-16)30-3/h9-11H,5-8,12-14H2,1-4H3/p+1. The lowest BCUT2D eigenvalue weighted by molar-refractivity contribution is -0.945. The Morgan fingerprint density at radius 1 is 0.970 bits per heavy atom. The van der Waals surface area contributed by atoms with E-state index in [4.69, 9.17) is 23.4 Å². The van der Waals surface area contributed by atoms with Crippen molar-refractivity contribution < 1.29 is 28.3 Å². The minimum atomic E-state index is -0.189. The van der Waals surface area contributed by atoms with E-state index in [0.717, 1.165) is 77.7 Å². The van der Waals surface area contributed by atoms with Crippen LogP contribution in [0.25, 0.3) is 11.0 Å². The molecule has 0 fully saturated rings. The lowest BCUT2D eigenvalue weighted by atomic mass is 9.89. The van der Waals surface area contributed by atoms with Gasteiger partial charge in [-0.05, 0) is 56.4 Å². The van der Waals surface area contributed by atoms with E-state index in [1.54, 1.807) is 21.3 Å². The van der Waals surface area contributed by atoms with Crippen molar-refractivity contribution in [2.75, 3.05) is 28.1 Å². The van der Waals surface area contributed by atoms with Crippen molar-refractivity contribution in [1.29, 1.82) is 0 Å². The average molecular weight is 453 g/mol. The highest BCUT2D eigenvalue weighted by Gasteiger charge is 2.28. The summed E-state index contributed by atoms with van der Waals surface area (Å²) in [7, 11) is 4.86. The van der Waals surface area contributed by atoms with Gasteiger partial charge in [0.1, 0.15) is 24.4 Å². The first-order valence-electron chi connectivity index (χ1n) is 11.4. The number of nitrogens with one attached hydrogen (secondary N) is 1. The summed E-state index contributed by atoms with van der Waals surface area (Å²) in [5.41, 5.74) is 5.64. The second kappa shape index (κ2) is 8.63. The summed E-state index contributed by atoms with van der Waals surface area (Å²) in [6, 6.07) is 6.15. The molecular formula is C26H30NO6+. The van der Waals surface area contributed by atoms with Crippen LogP contribution >= 0.6 is 0 Å². The van der Waals surface area contributed by atoms with Crippen molar-refractivity contribution >= 4 is 11.0 Å². The largest absolute Gasteiger partial charge is 0.493 e. The van der Waals surface area contributed by atoms with Gasteiger partial charge in [-0.3, -0.25) is 4.90 Å². The number of methoxy groups -OCH3 is 3. The summed E-state index contributed by atoms with van der Waals surface area (Å²) in [5.74, 6) is 2.73. The van der Waals surface area contributed by atoms with Gasteiger partial charge in [0.25, 0.3) is 0 Å². The van der Waals surface area contributed by atoms with Gasteiger partial charge >= 0.3 is 5.63 Å². The number of ether oxygens (including phenoxy) is 4. The summed E-state index contributed by atoms with van der Waals surface area (Å²) in [6.45, 7) is 4.07. The van der Waals surface area contributed by atoms with E-state index in [2.05, 4.69) is 6.07 Å². The van der Waals surface area contributed by atoms with Gasteiger partial charge in [-0.25, -0.2) is 4.79 Å². The zero-order valence-corrected chi connectivity index (χ0v) is 19.6. The molecule has 1 atom stereocenters. The van der Waals surface area contributed by atoms with Crippen LogP contribution < -0.4 is 29.5 Å². The summed E-state index contributed by atoms with van der Waals surface area (Å²) in [5, 5.41) is 1.07. The molecule has 0 amide bonds. The number of rotatable bonds is 5. The highest BCUT2D eigenvalue weighted by atomic mass is 16.5. The fraction of sp³-hybridized carbons (Fsp3) is 0.423. The first kappa shape index (κ1) is 21.6. The van der Waals surface area contributed by atoms with E-state index in [9.17, 15) is 4.79 Å². The van der Waals surface area contributed by atoms with Crippen LogP contribution in [0, 0.1) is 6.92 Å². The van der Waals surface area contributed by atoms with Gasteiger partial charge < -0.3 is 23.4 Å². The van der Waals surface area contributed by atoms with Gasteiger partial charge in [0.2, 0.25) is 12.5 Å². The Labute approximate surface area is 192 Å². The fourth-order valence-corrected chi connectivity index (χ4v) is 5.26. The summed E-state index contributed by atoms with van der Waals surface area (Å²) >= 11 is 0. The molecule has 3 aromatic rings. The molecule has 0 radical (unpaired) electrons. The molecule has 7 nitrogen and oxygen atoms in total. The third kappa shape index (κ3) is 3.70. The Morgan fingerprint density at radius 3 is 2.33 bits per heavy atom. The molecule has 174 valence electrons. The zero-order chi connectivity index (χ0) is 23.1.